The van der Waals surface area contributed by atoms with E-state index in [0.29, 0.717) is 18.1 Å². The second-order valence-electron chi connectivity index (χ2n) is 5.84. The first-order valence-electron chi connectivity index (χ1n) is 7.92. The van der Waals surface area contributed by atoms with E-state index in [1.54, 1.807) is 31.3 Å². The molecule has 0 saturated heterocycles. The molecule has 26 heavy (non-hydrogen) atoms. The average molecular weight is 346 g/mol. The molecule has 2 heterocycles. The van der Waals surface area contributed by atoms with Crippen LogP contribution in [0.3, 0.4) is 0 Å². The summed E-state index contributed by atoms with van der Waals surface area (Å²) in [5.74, 6) is 0.701. The minimum Gasteiger partial charge on any atom is -0.368 e. The molecule has 3 rings (SSSR count). The monoisotopic (exact) mass is 346 g/mol. The van der Waals surface area contributed by atoms with Crippen molar-refractivity contribution >= 4 is 23.5 Å². The van der Waals surface area contributed by atoms with Crippen LogP contribution in [0.25, 0.3) is 11.6 Å². The molecule has 130 valence electrons. The summed E-state index contributed by atoms with van der Waals surface area (Å²) in [5.41, 5.74) is 7.95. The zero-order valence-corrected chi connectivity index (χ0v) is 14.5. The highest BCUT2D eigenvalue weighted by molar-refractivity contribution is 5.87. The first-order valence-corrected chi connectivity index (χ1v) is 7.92. The number of anilines is 2. The fraction of sp³-hybridized carbons (Fsp3) is 0.167. The van der Waals surface area contributed by atoms with E-state index in [1.807, 2.05) is 41.2 Å². The Hall–Kier alpha value is -3.73. The number of nitrogens with two attached hydrogens (primary N) is 1. The Morgan fingerprint density at radius 2 is 2.00 bits per heavy atom. The molecule has 0 atom stereocenters. The summed E-state index contributed by atoms with van der Waals surface area (Å²) < 4.78 is 1.81. The number of hydrogen-bond acceptors (Lipinski definition) is 7. The van der Waals surface area contributed by atoms with Crippen LogP contribution in [0.15, 0.2) is 42.7 Å². The van der Waals surface area contributed by atoms with E-state index in [1.165, 1.54) is 0 Å². The van der Waals surface area contributed by atoms with Gasteiger partial charge in [-0.1, -0.05) is 30.3 Å². The number of allylic oxidation sites excluding steroid dienone is 1. The van der Waals surface area contributed by atoms with Gasteiger partial charge in [-0.2, -0.15) is 25.3 Å². The fourth-order valence-electron chi connectivity index (χ4n) is 2.33. The van der Waals surface area contributed by atoms with Crippen molar-refractivity contribution in [1.29, 1.82) is 5.26 Å². The summed E-state index contributed by atoms with van der Waals surface area (Å²) in [6.07, 6.45) is 5.24. The second kappa shape index (κ2) is 7.44. The fourth-order valence-corrected chi connectivity index (χ4v) is 2.33. The van der Waals surface area contributed by atoms with Gasteiger partial charge in [-0.3, -0.25) is 4.68 Å². The molecule has 3 aromatic rings. The van der Waals surface area contributed by atoms with Crippen molar-refractivity contribution in [2.45, 2.75) is 6.54 Å². The predicted molar refractivity (Wildman–Crippen MR) is 99.8 cm³/mol. The van der Waals surface area contributed by atoms with Gasteiger partial charge in [0.05, 0.1) is 18.3 Å². The smallest absolute Gasteiger partial charge is 0.230 e. The molecule has 0 saturated carbocycles. The van der Waals surface area contributed by atoms with Crippen LogP contribution >= 0.6 is 0 Å². The van der Waals surface area contributed by atoms with Gasteiger partial charge in [0.1, 0.15) is 6.07 Å². The number of nitrogen functional groups attached to an aromatic ring is 1. The lowest BCUT2D eigenvalue weighted by atomic mass is 10.2. The lowest BCUT2D eigenvalue weighted by Gasteiger charge is -2.10. The summed E-state index contributed by atoms with van der Waals surface area (Å²) >= 11 is 0. The molecule has 2 N–H and O–H groups in total. The Morgan fingerprint density at radius 3 is 2.69 bits per heavy atom. The summed E-state index contributed by atoms with van der Waals surface area (Å²) in [4.78, 5) is 14.1. The number of benzene rings is 1. The third-order valence-electron chi connectivity index (χ3n) is 3.55. The lowest BCUT2D eigenvalue weighted by molar-refractivity contribution is 0.687. The molecular weight excluding hydrogens is 328 g/mol. The number of rotatable bonds is 5. The van der Waals surface area contributed by atoms with Gasteiger partial charge in [0, 0.05) is 25.9 Å². The molecule has 0 aliphatic rings. The summed E-state index contributed by atoms with van der Waals surface area (Å²) in [5, 5.41) is 13.8. The number of aromatic nitrogens is 5. The van der Waals surface area contributed by atoms with Crippen LogP contribution in [-0.4, -0.2) is 38.8 Å². The normalized spacial score (nSPS) is 11.2. The van der Waals surface area contributed by atoms with Crippen LogP contribution < -0.4 is 10.6 Å². The molecule has 8 heteroatoms. The van der Waals surface area contributed by atoms with E-state index in [9.17, 15) is 5.26 Å². The highest BCUT2D eigenvalue weighted by Crippen LogP contribution is 2.17. The van der Waals surface area contributed by atoms with Crippen LogP contribution in [-0.2, 0) is 6.54 Å². The van der Waals surface area contributed by atoms with Gasteiger partial charge in [0.2, 0.25) is 11.9 Å². The summed E-state index contributed by atoms with van der Waals surface area (Å²) in [6.45, 7) is 0.653. The van der Waals surface area contributed by atoms with E-state index in [0.717, 1.165) is 11.1 Å². The van der Waals surface area contributed by atoms with Gasteiger partial charge in [-0.25, -0.2) is 0 Å². The zero-order valence-electron chi connectivity index (χ0n) is 14.5. The summed E-state index contributed by atoms with van der Waals surface area (Å²) in [6, 6.07) is 12.1. The molecule has 0 aliphatic carbocycles. The van der Waals surface area contributed by atoms with Crippen LogP contribution in [0.5, 0.6) is 0 Å². The molecule has 1 aromatic carbocycles. The molecule has 0 aliphatic heterocycles. The Morgan fingerprint density at radius 1 is 1.23 bits per heavy atom. The number of hydrogen-bond donors (Lipinski definition) is 1. The van der Waals surface area contributed by atoms with Gasteiger partial charge in [0.15, 0.2) is 5.82 Å². The zero-order chi connectivity index (χ0) is 18.5. The second-order valence-corrected chi connectivity index (χ2v) is 5.84. The van der Waals surface area contributed by atoms with E-state index in [4.69, 9.17) is 5.73 Å². The van der Waals surface area contributed by atoms with Crippen LogP contribution in [0.2, 0.25) is 0 Å². The minimum atomic E-state index is 0.0691. The maximum absolute atomic E-state index is 9.50. The molecule has 0 radical (unpaired) electrons. The third kappa shape index (κ3) is 4.02. The van der Waals surface area contributed by atoms with E-state index in [-0.39, 0.29) is 11.8 Å². The Kier molecular flexibility index (Phi) is 4.90. The Bertz CT molecular complexity index is 966. The predicted octanol–water partition coefficient (Wildman–Crippen LogP) is 1.83. The largest absolute Gasteiger partial charge is 0.368 e. The minimum absolute atomic E-state index is 0.0691. The van der Waals surface area contributed by atoms with Crippen molar-refractivity contribution < 1.29 is 0 Å². The van der Waals surface area contributed by atoms with Gasteiger partial charge in [-0.15, -0.1) is 0 Å². The topological polar surface area (TPSA) is 110 Å². The van der Waals surface area contributed by atoms with E-state index >= 15 is 0 Å². The molecule has 0 amide bonds. The number of nitrogens with zero attached hydrogens (tertiary/aromatic N) is 7. The molecule has 0 fully saturated rings. The van der Waals surface area contributed by atoms with Crippen molar-refractivity contribution in [3.8, 4) is 6.07 Å². The molecule has 8 nitrogen and oxygen atoms in total. The Labute approximate surface area is 151 Å². The van der Waals surface area contributed by atoms with Crippen molar-refractivity contribution in [3.05, 3.63) is 59.7 Å². The van der Waals surface area contributed by atoms with Crippen LogP contribution in [0.4, 0.5) is 11.9 Å². The molecule has 2 aromatic heterocycles. The molecule has 0 spiro atoms. The standard InChI is InChI=1S/C18H18N8/c1-25(2)18-23-16(22-17(20)24-18)15(9-19)8-14-10-21-26(12-14)11-13-6-4-3-5-7-13/h3-8,10,12H,11H2,1-2H3,(H2,20,22,23,24)/b15-8+. The van der Waals surface area contributed by atoms with E-state index in [2.05, 4.69) is 26.1 Å². The Balaban J connectivity index is 1.87. The van der Waals surface area contributed by atoms with Gasteiger partial charge in [-0.05, 0) is 11.6 Å². The highest BCUT2D eigenvalue weighted by atomic mass is 15.3. The van der Waals surface area contributed by atoms with Gasteiger partial charge < -0.3 is 10.6 Å². The maximum Gasteiger partial charge on any atom is 0.230 e. The summed E-state index contributed by atoms with van der Waals surface area (Å²) in [7, 11) is 3.59. The lowest BCUT2D eigenvalue weighted by Crippen LogP contribution is -2.15. The number of nitriles is 1. The SMILES string of the molecule is CN(C)c1nc(N)nc(/C(C#N)=C/c2cnn(Cc3ccccc3)c2)n1. The van der Waals surface area contributed by atoms with Crippen LogP contribution in [0.1, 0.15) is 17.0 Å². The quantitative estimate of drug-likeness (QED) is 0.702. The van der Waals surface area contributed by atoms with Crippen molar-refractivity contribution in [1.82, 2.24) is 24.7 Å². The molecule has 0 unspecified atom stereocenters. The maximum atomic E-state index is 9.50. The van der Waals surface area contributed by atoms with Crippen molar-refractivity contribution in [2.75, 3.05) is 24.7 Å². The van der Waals surface area contributed by atoms with Crippen LogP contribution in [0, 0.1) is 11.3 Å². The van der Waals surface area contributed by atoms with Crippen molar-refractivity contribution in [2.24, 2.45) is 0 Å². The highest BCUT2D eigenvalue weighted by Gasteiger charge is 2.11. The average Bonchev–Trinajstić information content (AvgIpc) is 3.07. The van der Waals surface area contributed by atoms with Crippen molar-refractivity contribution in [3.63, 3.8) is 0 Å². The van der Waals surface area contributed by atoms with E-state index < -0.39 is 0 Å². The van der Waals surface area contributed by atoms with Gasteiger partial charge in [0.25, 0.3) is 0 Å². The molecular formula is C18H18N8. The first-order chi connectivity index (χ1) is 12.5. The van der Waals surface area contributed by atoms with Gasteiger partial charge >= 0.3 is 0 Å². The molecule has 0 bridgehead atoms. The first kappa shape index (κ1) is 17.1. The third-order valence-corrected chi connectivity index (χ3v) is 3.55.